The van der Waals surface area contributed by atoms with Crippen molar-refractivity contribution >= 4 is 27.7 Å². The number of rotatable bonds is 6. The van der Waals surface area contributed by atoms with Gasteiger partial charge in [0.1, 0.15) is 16.1 Å². The van der Waals surface area contributed by atoms with Crippen LogP contribution in [0.15, 0.2) is 42.6 Å². The Labute approximate surface area is 179 Å². The van der Waals surface area contributed by atoms with Crippen LogP contribution < -0.4 is 15.8 Å². The van der Waals surface area contributed by atoms with Gasteiger partial charge in [0.25, 0.3) is 5.19 Å². The van der Waals surface area contributed by atoms with Crippen LogP contribution in [0.1, 0.15) is 31.2 Å². The molecule has 8 heteroatoms. The average molecular weight is 424 g/mol. The van der Waals surface area contributed by atoms with Gasteiger partial charge in [0.05, 0.1) is 0 Å². The van der Waals surface area contributed by atoms with Crippen molar-refractivity contribution in [2.45, 2.75) is 50.2 Å². The lowest BCUT2D eigenvalue weighted by Crippen LogP contribution is -2.51. The minimum absolute atomic E-state index is 0.227. The summed E-state index contributed by atoms with van der Waals surface area (Å²) >= 11 is 1.45. The third kappa shape index (κ3) is 4.11. The zero-order valence-corrected chi connectivity index (χ0v) is 17.5. The lowest BCUT2D eigenvalue weighted by molar-refractivity contribution is 0.121. The maximum Gasteiger partial charge on any atom is 0.312 e. The lowest BCUT2D eigenvalue weighted by Gasteiger charge is -2.39. The molecule has 3 atom stereocenters. The van der Waals surface area contributed by atoms with Gasteiger partial charge in [-0.25, -0.2) is 14.8 Å². The molecule has 0 aliphatic carbocycles. The first kappa shape index (κ1) is 19.3. The number of nitrogens with two attached hydrogens (primary N) is 1. The Kier molecular flexibility index (Phi) is 5.26. The van der Waals surface area contributed by atoms with Crippen molar-refractivity contribution in [3.05, 3.63) is 48.2 Å². The normalized spacial score (nSPS) is 23.5. The highest BCUT2D eigenvalue weighted by Gasteiger charge is 2.40. The maximum atomic E-state index is 11.2. The van der Waals surface area contributed by atoms with E-state index in [0.29, 0.717) is 17.3 Å². The Bertz CT molecular complexity index is 990. The fraction of sp³-hybridized carbons (Fsp3) is 0.409. The van der Waals surface area contributed by atoms with Crippen LogP contribution in [0.5, 0.6) is 10.9 Å². The number of thiazole rings is 1. The molecule has 1 unspecified atom stereocenters. The van der Waals surface area contributed by atoms with Gasteiger partial charge < -0.3 is 15.8 Å². The van der Waals surface area contributed by atoms with Crippen molar-refractivity contribution in [1.82, 2.24) is 20.2 Å². The van der Waals surface area contributed by atoms with Gasteiger partial charge in [0.2, 0.25) is 0 Å². The molecule has 30 heavy (non-hydrogen) atoms. The van der Waals surface area contributed by atoms with Crippen molar-refractivity contribution in [3.63, 3.8) is 0 Å². The molecular weight excluding hydrogens is 398 g/mol. The number of piperidine rings is 1. The molecule has 0 radical (unpaired) electrons. The van der Waals surface area contributed by atoms with Gasteiger partial charge in [-0.1, -0.05) is 23.5 Å². The Morgan fingerprint density at radius 3 is 2.67 bits per heavy atom. The van der Waals surface area contributed by atoms with E-state index in [1.165, 1.54) is 29.7 Å². The molecule has 0 spiro atoms. The molecule has 2 amide bonds. The predicted octanol–water partition coefficient (Wildman–Crippen LogP) is 3.69. The number of pyridine rings is 1. The van der Waals surface area contributed by atoms with E-state index in [-0.39, 0.29) is 6.04 Å². The number of amides is 2. The molecule has 0 saturated carbocycles. The average Bonchev–Trinajstić information content (AvgIpc) is 3.24. The number of fused-ring (bicyclic) bond motifs is 3. The molecule has 2 aliphatic rings. The minimum Gasteiger partial charge on any atom is -0.431 e. The summed E-state index contributed by atoms with van der Waals surface area (Å²) in [5.41, 5.74) is 7.46. The molecule has 3 aromatic rings. The van der Waals surface area contributed by atoms with Crippen LogP contribution in [0.4, 0.5) is 4.79 Å². The van der Waals surface area contributed by atoms with E-state index in [4.69, 9.17) is 10.5 Å². The zero-order chi connectivity index (χ0) is 20.5. The molecule has 156 valence electrons. The number of carbonyl (C=O) groups is 1. The highest BCUT2D eigenvalue weighted by Crippen LogP contribution is 2.36. The van der Waals surface area contributed by atoms with Crippen molar-refractivity contribution in [1.29, 1.82) is 0 Å². The van der Waals surface area contributed by atoms with E-state index in [2.05, 4.69) is 32.3 Å². The summed E-state index contributed by atoms with van der Waals surface area (Å²) in [5, 5.41) is 3.51. The second-order valence-electron chi connectivity index (χ2n) is 8.10. The summed E-state index contributed by atoms with van der Waals surface area (Å²) in [5.74, 6) is 0.788. The smallest absolute Gasteiger partial charge is 0.312 e. The molecule has 2 saturated heterocycles. The number of nitrogens with one attached hydrogen (secondary N) is 1. The van der Waals surface area contributed by atoms with Crippen LogP contribution in [0.3, 0.4) is 0 Å². The summed E-state index contributed by atoms with van der Waals surface area (Å²) < 4.78 is 5.91. The zero-order valence-electron chi connectivity index (χ0n) is 16.7. The number of hydrogen-bond donors (Lipinski definition) is 2. The predicted molar refractivity (Wildman–Crippen MR) is 117 cm³/mol. The molecule has 7 nitrogen and oxygen atoms in total. The molecule has 2 aromatic heterocycles. The SMILES string of the molecule is NC(=O)N[C@H]1CC2CC[C@@H](C1)N2CCc1ccc(Oc2nc3cccnc3s2)cc1. The molecule has 2 bridgehead atoms. The number of aromatic nitrogens is 2. The fourth-order valence-electron chi connectivity index (χ4n) is 4.84. The van der Waals surface area contributed by atoms with Crippen LogP contribution in [-0.2, 0) is 6.42 Å². The fourth-order valence-corrected chi connectivity index (χ4v) is 5.61. The molecule has 3 N–H and O–H groups in total. The van der Waals surface area contributed by atoms with E-state index in [0.717, 1.165) is 41.9 Å². The van der Waals surface area contributed by atoms with E-state index >= 15 is 0 Å². The monoisotopic (exact) mass is 423 g/mol. The number of benzene rings is 1. The second kappa shape index (κ2) is 8.20. The van der Waals surface area contributed by atoms with Crippen LogP contribution in [0, 0.1) is 0 Å². The highest BCUT2D eigenvalue weighted by molar-refractivity contribution is 7.19. The third-order valence-electron chi connectivity index (χ3n) is 6.16. The molecule has 4 heterocycles. The van der Waals surface area contributed by atoms with Crippen molar-refractivity contribution in [2.24, 2.45) is 5.73 Å². The van der Waals surface area contributed by atoms with Gasteiger partial charge in [0, 0.05) is 30.9 Å². The Morgan fingerprint density at radius 2 is 1.97 bits per heavy atom. The van der Waals surface area contributed by atoms with E-state index in [1.54, 1.807) is 6.20 Å². The Hall–Kier alpha value is -2.71. The molecule has 2 fully saturated rings. The molecule has 2 aliphatic heterocycles. The van der Waals surface area contributed by atoms with Crippen molar-refractivity contribution < 1.29 is 9.53 Å². The van der Waals surface area contributed by atoms with Crippen molar-refractivity contribution in [2.75, 3.05) is 6.54 Å². The highest BCUT2D eigenvalue weighted by atomic mass is 32.1. The number of ether oxygens (including phenoxy) is 1. The summed E-state index contributed by atoms with van der Waals surface area (Å²) in [4.78, 5) is 23.4. The summed E-state index contributed by atoms with van der Waals surface area (Å²) in [7, 11) is 0. The number of carbonyl (C=O) groups excluding carboxylic acids is 1. The first-order valence-corrected chi connectivity index (χ1v) is 11.3. The Morgan fingerprint density at radius 1 is 1.20 bits per heavy atom. The largest absolute Gasteiger partial charge is 0.431 e. The van der Waals surface area contributed by atoms with Crippen LogP contribution >= 0.6 is 11.3 Å². The lowest BCUT2D eigenvalue weighted by atomic mass is 9.96. The third-order valence-corrected chi connectivity index (χ3v) is 7.02. The molecular formula is C22H25N5O2S. The van der Waals surface area contributed by atoms with Gasteiger partial charge in [-0.05, 0) is 61.9 Å². The standard InChI is InChI=1S/C22H25N5O2S/c23-21(28)25-15-12-16-5-6-17(13-15)27(16)11-9-14-3-7-18(8-4-14)29-22-26-19-2-1-10-24-20(19)30-22/h1-4,7-8,10,15-17H,5-6,9,11-13H2,(H3,23,25,28)/t15-,16+,17?/m1/s1. The van der Waals surface area contributed by atoms with Crippen LogP contribution in [0.25, 0.3) is 10.3 Å². The van der Waals surface area contributed by atoms with Gasteiger partial charge in [-0.2, -0.15) is 0 Å². The number of hydrogen-bond acceptors (Lipinski definition) is 6. The van der Waals surface area contributed by atoms with Gasteiger partial charge in [-0.3, -0.25) is 4.90 Å². The topological polar surface area (TPSA) is 93.4 Å². The number of nitrogens with zero attached hydrogens (tertiary/aromatic N) is 3. The van der Waals surface area contributed by atoms with Crippen LogP contribution in [0.2, 0.25) is 0 Å². The number of urea groups is 1. The number of primary amides is 1. The molecule has 5 rings (SSSR count). The van der Waals surface area contributed by atoms with Gasteiger partial charge in [0.15, 0.2) is 0 Å². The van der Waals surface area contributed by atoms with E-state index in [9.17, 15) is 4.79 Å². The minimum atomic E-state index is -0.405. The second-order valence-corrected chi connectivity index (χ2v) is 9.04. The summed E-state index contributed by atoms with van der Waals surface area (Å²) in [6, 6.07) is 13.0. The molecule has 1 aromatic carbocycles. The quantitative estimate of drug-likeness (QED) is 0.631. The first-order chi connectivity index (χ1) is 14.6. The Balaban J connectivity index is 1.16. The van der Waals surface area contributed by atoms with Gasteiger partial charge >= 0.3 is 6.03 Å². The van der Waals surface area contributed by atoms with Crippen LogP contribution in [-0.4, -0.2) is 45.6 Å². The maximum absolute atomic E-state index is 11.2. The van der Waals surface area contributed by atoms with Gasteiger partial charge in [-0.15, -0.1) is 0 Å². The first-order valence-electron chi connectivity index (χ1n) is 10.4. The summed E-state index contributed by atoms with van der Waals surface area (Å²) in [6.45, 7) is 1.04. The van der Waals surface area contributed by atoms with E-state index in [1.807, 2.05) is 24.3 Å². The summed E-state index contributed by atoms with van der Waals surface area (Å²) in [6.07, 6.45) is 7.21. The van der Waals surface area contributed by atoms with E-state index < -0.39 is 6.03 Å². The van der Waals surface area contributed by atoms with Crippen molar-refractivity contribution in [3.8, 4) is 10.9 Å².